The van der Waals surface area contributed by atoms with Gasteiger partial charge in [-0.3, -0.25) is 9.59 Å². The summed E-state index contributed by atoms with van der Waals surface area (Å²) in [6.45, 7) is 7.53. The molecule has 0 saturated carbocycles. The van der Waals surface area contributed by atoms with Gasteiger partial charge in [0.2, 0.25) is 0 Å². The van der Waals surface area contributed by atoms with Gasteiger partial charge >= 0.3 is 11.9 Å². The molecule has 0 N–H and O–H groups in total. The van der Waals surface area contributed by atoms with Gasteiger partial charge in [-0.15, -0.1) is 0 Å². The fraction of sp³-hybridized carbons (Fsp3) is 0.686. The van der Waals surface area contributed by atoms with E-state index in [1.807, 2.05) is 12.2 Å². The topological polar surface area (TPSA) is 61.8 Å². The van der Waals surface area contributed by atoms with E-state index in [9.17, 15) is 9.59 Å². The highest BCUT2D eigenvalue weighted by molar-refractivity contribution is 5.71. The second kappa shape index (κ2) is 46.5. The quantitative estimate of drug-likeness (QED) is 0.0351. The summed E-state index contributed by atoms with van der Waals surface area (Å²) in [7, 11) is 0. The van der Waals surface area contributed by atoms with Crippen LogP contribution >= 0.6 is 0 Å². The van der Waals surface area contributed by atoms with Crippen LogP contribution in [0.3, 0.4) is 0 Å². The number of hydrogen-bond donors (Lipinski definition) is 0. The number of esters is 2. The molecule has 0 bridgehead atoms. The molecule has 0 heterocycles. The Morgan fingerprint density at radius 3 is 1.41 bits per heavy atom. The molecule has 1 unspecified atom stereocenters. The number of ether oxygens (including phenoxy) is 3. The molecular formula is C51H86O5. The molecule has 0 aromatic carbocycles. The molecule has 0 aromatic rings. The molecule has 320 valence electrons. The average Bonchev–Trinajstić information content (AvgIpc) is 3.20. The number of unbranched alkanes of at least 4 members (excludes halogenated alkanes) is 17. The Morgan fingerprint density at radius 2 is 0.857 bits per heavy atom. The molecule has 0 amide bonds. The fourth-order valence-corrected chi connectivity index (χ4v) is 6.03. The van der Waals surface area contributed by atoms with Crippen LogP contribution in [0.2, 0.25) is 0 Å². The Labute approximate surface area is 346 Å². The first-order chi connectivity index (χ1) is 27.6. The van der Waals surface area contributed by atoms with Crippen molar-refractivity contribution in [2.24, 2.45) is 0 Å². The smallest absolute Gasteiger partial charge is 0.310 e. The first kappa shape index (κ1) is 53.1. The van der Waals surface area contributed by atoms with Gasteiger partial charge in [0.1, 0.15) is 6.61 Å². The third-order valence-electron chi connectivity index (χ3n) is 9.45. The Morgan fingerprint density at radius 1 is 0.429 bits per heavy atom. The third kappa shape index (κ3) is 43.8. The fourth-order valence-electron chi connectivity index (χ4n) is 6.03. The summed E-state index contributed by atoms with van der Waals surface area (Å²) in [4.78, 5) is 25.1. The second-order valence-electron chi connectivity index (χ2n) is 14.9. The maximum absolute atomic E-state index is 12.6. The van der Waals surface area contributed by atoms with Crippen molar-refractivity contribution in [3.05, 3.63) is 85.1 Å². The molecule has 5 heteroatoms. The third-order valence-corrected chi connectivity index (χ3v) is 9.45. The van der Waals surface area contributed by atoms with Gasteiger partial charge in [0.25, 0.3) is 0 Å². The van der Waals surface area contributed by atoms with Gasteiger partial charge in [-0.25, -0.2) is 0 Å². The van der Waals surface area contributed by atoms with Crippen LogP contribution in [0.25, 0.3) is 0 Å². The molecule has 0 aliphatic rings. The normalized spacial score (nSPS) is 13.0. The molecular weight excluding hydrogens is 693 g/mol. The van der Waals surface area contributed by atoms with Crippen molar-refractivity contribution in [1.29, 1.82) is 0 Å². The SMILES string of the molecule is CC/C=C\C/C=C\C/C=C\C/C=C\C/C=C\CC(=O)OC(COCCCCCCCC)COC(=O)CCCCCCCCCCC/C=C\C/C=C\CCCCC. The van der Waals surface area contributed by atoms with Crippen molar-refractivity contribution in [3.8, 4) is 0 Å². The lowest BCUT2D eigenvalue weighted by Gasteiger charge is -2.18. The van der Waals surface area contributed by atoms with Crippen LogP contribution < -0.4 is 0 Å². The Hall–Kier alpha value is -2.92. The highest BCUT2D eigenvalue weighted by Crippen LogP contribution is 2.13. The Kier molecular flexibility index (Phi) is 44.0. The first-order valence-corrected chi connectivity index (χ1v) is 23.1. The minimum Gasteiger partial charge on any atom is -0.462 e. The van der Waals surface area contributed by atoms with Crippen molar-refractivity contribution in [3.63, 3.8) is 0 Å². The van der Waals surface area contributed by atoms with Crippen LogP contribution in [0.5, 0.6) is 0 Å². The number of carbonyl (C=O) groups is 2. The van der Waals surface area contributed by atoms with E-state index in [2.05, 4.69) is 93.7 Å². The molecule has 0 spiro atoms. The molecule has 0 rings (SSSR count). The Bertz CT molecular complexity index is 1060. The number of hydrogen-bond acceptors (Lipinski definition) is 5. The van der Waals surface area contributed by atoms with Crippen molar-refractivity contribution < 1.29 is 23.8 Å². The molecule has 0 saturated heterocycles. The van der Waals surface area contributed by atoms with Gasteiger partial charge in [0.15, 0.2) is 6.10 Å². The summed E-state index contributed by atoms with van der Waals surface area (Å²) in [5.74, 6) is -0.555. The van der Waals surface area contributed by atoms with Crippen LogP contribution in [0, 0.1) is 0 Å². The standard InChI is InChI=1S/C51H86O5/c1-4-7-10-13-16-18-20-22-24-25-26-27-29-30-32-34-36-38-41-44-50(52)55-48-49(47-54-46-43-40-15-12-9-6-3)56-51(53)45-42-39-37-35-33-31-28-23-21-19-17-14-11-8-5-2/h8,11,16-19,22-24,28,33,35,39,42,49H,4-7,9-10,12-15,20-21,25-27,29-32,34,36-38,40-41,43-48H2,1-3H3/b11-8-,18-16-,19-17-,24-22-,28-23-,35-33-,42-39-. The van der Waals surface area contributed by atoms with Crippen molar-refractivity contribution in [2.75, 3.05) is 19.8 Å². The first-order valence-electron chi connectivity index (χ1n) is 23.1. The van der Waals surface area contributed by atoms with E-state index in [1.165, 1.54) is 96.3 Å². The Balaban J connectivity index is 4.22. The summed E-state index contributed by atoms with van der Waals surface area (Å²) in [5, 5.41) is 0. The average molecular weight is 779 g/mol. The molecule has 0 aliphatic carbocycles. The van der Waals surface area contributed by atoms with Crippen LogP contribution in [-0.4, -0.2) is 37.9 Å². The number of rotatable bonds is 41. The zero-order valence-corrected chi connectivity index (χ0v) is 36.6. The lowest BCUT2D eigenvalue weighted by atomic mass is 10.1. The summed E-state index contributed by atoms with van der Waals surface area (Å²) in [6.07, 6.45) is 60.5. The lowest BCUT2D eigenvalue weighted by Crippen LogP contribution is -2.29. The molecule has 0 radical (unpaired) electrons. The van der Waals surface area contributed by atoms with Gasteiger partial charge in [0.05, 0.1) is 13.0 Å². The maximum Gasteiger partial charge on any atom is 0.310 e. The van der Waals surface area contributed by atoms with Crippen molar-refractivity contribution in [1.82, 2.24) is 0 Å². The minimum atomic E-state index is -0.590. The van der Waals surface area contributed by atoms with E-state index in [0.717, 1.165) is 70.6 Å². The zero-order chi connectivity index (χ0) is 40.7. The van der Waals surface area contributed by atoms with Crippen LogP contribution in [0.4, 0.5) is 0 Å². The van der Waals surface area contributed by atoms with E-state index >= 15 is 0 Å². The number of carbonyl (C=O) groups excluding carboxylic acids is 2. The molecule has 1 atom stereocenters. The van der Waals surface area contributed by atoms with E-state index in [4.69, 9.17) is 14.2 Å². The van der Waals surface area contributed by atoms with Crippen LogP contribution in [0.15, 0.2) is 85.1 Å². The van der Waals surface area contributed by atoms with Gasteiger partial charge in [-0.2, -0.15) is 0 Å². The predicted molar refractivity (Wildman–Crippen MR) is 242 cm³/mol. The summed E-state index contributed by atoms with van der Waals surface area (Å²) in [6, 6.07) is 0. The summed E-state index contributed by atoms with van der Waals surface area (Å²) >= 11 is 0. The highest BCUT2D eigenvalue weighted by Gasteiger charge is 2.17. The highest BCUT2D eigenvalue weighted by atomic mass is 16.6. The van der Waals surface area contributed by atoms with Gasteiger partial charge in [-0.05, 0) is 77.0 Å². The molecule has 56 heavy (non-hydrogen) atoms. The van der Waals surface area contributed by atoms with E-state index in [-0.39, 0.29) is 31.6 Å². The zero-order valence-electron chi connectivity index (χ0n) is 36.6. The van der Waals surface area contributed by atoms with Gasteiger partial charge in [-0.1, -0.05) is 196 Å². The van der Waals surface area contributed by atoms with E-state index in [0.29, 0.717) is 13.0 Å². The predicted octanol–water partition coefficient (Wildman–Crippen LogP) is 15.3. The number of allylic oxidation sites excluding steroid dienone is 13. The minimum absolute atomic E-state index is 0.0404. The molecule has 5 nitrogen and oxygen atoms in total. The van der Waals surface area contributed by atoms with Crippen molar-refractivity contribution in [2.45, 2.75) is 207 Å². The summed E-state index contributed by atoms with van der Waals surface area (Å²) < 4.78 is 17.1. The van der Waals surface area contributed by atoms with Gasteiger partial charge < -0.3 is 14.2 Å². The molecule has 0 aromatic heterocycles. The summed E-state index contributed by atoms with van der Waals surface area (Å²) in [5.41, 5.74) is 0. The van der Waals surface area contributed by atoms with Crippen molar-refractivity contribution >= 4 is 11.9 Å². The van der Waals surface area contributed by atoms with Gasteiger partial charge in [0, 0.05) is 13.0 Å². The molecule has 0 fully saturated rings. The monoisotopic (exact) mass is 779 g/mol. The lowest BCUT2D eigenvalue weighted by molar-refractivity contribution is -0.162. The van der Waals surface area contributed by atoms with Crippen LogP contribution in [-0.2, 0) is 23.8 Å². The second-order valence-corrected chi connectivity index (χ2v) is 14.9. The maximum atomic E-state index is 12.6. The van der Waals surface area contributed by atoms with E-state index < -0.39 is 6.10 Å². The van der Waals surface area contributed by atoms with E-state index in [1.54, 1.807) is 0 Å². The van der Waals surface area contributed by atoms with Crippen LogP contribution in [0.1, 0.15) is 201 Å². The molecule has 0 aliphatic heterocycles. The largest absolute Gasteiger partial charge is 0.462 e.